The Bertz CT molecular complexity index is 1010. The van der Waals surface area contributed by atoms with E-state index in [1.807, 2.05) is 17.5 Å². The highest BCUT2D eigenvalue weighted by Gasteiger charge is 2.38. The summed E-state index contributed by atoms with van der Waals surface area (Å²) in [6.07, 6.45) is -3.34. The smallest absolute Gasteiger partial charge is 0.413 e. The molecule has 0 unspecified atom stereocenters. The van der Waals surface area contributed by atoms with Crippen LogP contribution in [0.1, 0.15) is 11.6 Å². The van der Waals surface area contributed by atoms with Crippen molar-refractivity contribution in [3.05, 3.63) is 47.4 Å². The quantitative estimate of drug-likeness (QED) is 0.538. The lowest BCUT2D eigenvalue weighted by Crippen LogP contribution is -2.05. The largest absolute Gasteiger partial charge is 0.470 e. The van der Waals surface area contributed by atoms with Crippen LogP contribution in [0.25, 0.3) is 22.2 Å². The van der Waals surface area contributed by atoms with Gasteiger partial charge in [-0.05, 0) is 28.8 Å². The molecule has 0 saturated carbocycles. The molecule has 4 rings (SSSR count). The Labute approximate surface area is 147 Å². The second-order valence-corrected chi connectivity index (χ2v) is 6.02. The van der Waals surface area contributed by atoms with Gasteiger partial charge < -0.3 is 4.42 Å². The molecule has 0 bridgehead atoms. The number of hydrogen-bond donors (Lipinski definition) is 0. The Morgan fingerprint density at radius 3 is 2.65 bits per heavy atom. The molecule has 12 heteroatoms. The van der Waals surface area contributed by atoms with Gasteiger partial charge in [0.05, 0.1) is 16.1 Å². The fraction of sp³-hybridized carbons (Fsp3) is 0.143. The van der Waals surface area contributed by atoms with Crippen molar-refractivity contribution in [2.75, 3.05) is 0 Å². The molecule has 0 aliphatic rings. The fourth-order valence-electron chi connectivity index (χ4n) is 2.06. The maximum absolute atomic E-state index is 12.5. The standard InChI is InChI=1S/C14H8F3N7OS/c15-14(16,17)13-21-20-12(25-13)8-3-4-9(18-6-8)7-24-22-11(19-23-24)10-2-1-5-26-10/h1-6H,7H2. The predicted molar refractivity (Wildman–Crippen MR) is 82.8 cm³/mol. The molecule has 0 amide bonds. The average molecular weight is 379 g/mol. The minimum absolute atomic E-state index is 0.254. The van der Waals surface area contributed by atoms with Crippen LogP contribution < -0.4 is 0 Å². The Morgan fingerprint density at radius 2 is 2.00 bits per heavy atom. The molecule has 0 fully saturated rings. The summed E-state index contributed by atoms with van der Waals surface area (Å²) in [5, 5.41) is 20.5. The Morgan fingerprint density at radius 1 is 1.12 bits per heavy atom. The lowest BCUT2D eigenvalue weighted by molar-refractivity contribution is -0.156. The summed E-state index contributed by atoms with van der Waals surface area (Å²) in [6.45, 7) is 0.260. The summed E-state index contributed by atoms with van der Waals surface area (Å²) in [5.41, 5.74) is 0.877. The van der Waals surface area contributed by atoms with Crippen LogP contribution in [-0.4, -0.2) is 35.4 Å². The molecule has 0 N–H and O–H groups in total. The topological polar surface area (TPSA) is 95.4 Å². The van der Waals surface area contributed by atoms with Crippen molar-refractivity contribution in [2.24, 2.45) is 0 Å². The summed E-state index contributed by atoms with van der Waals surface area (Å²) in [7, 11) is 0. The normalized spacial score (nSPS) is 11.8. The Kier molecular flexibility index (Phi) is 3.95. The molecule has 0 saturated heterocycles. The highest BCUT2D eigenvalue weighted by atomic mass is 32.1. The first-order chi connectivity index (χ1) is 12.5. The zero-order chi connectivity index (χ0) is 18.1. The molecule has 26 heavy (non-hydrogen) atoms. The molecule has 4 aromatic rings. The van der Waals surface area contributed by atoms with Crippen LogP contribution in [0.3, 0.4) is 0 Å². The molecule has 0 aliphatic heterocycles. The van der Waals surface area contributed by atoms with E-state index < -0.39 is 12.1 Å². The molecule has 0 atom stereocenters. The first-order valence-electron chi connectivity index (χ1n) is 7.17. The monoisotopic (exact) mass is 379 g/mol. The van der Waals surface area contributed by atoms with E-state index in [0.29, 0.717) is 11.5 Å². The third kappa shape index (κ3) is 3.31. The first-order valence-corrected chi connectivity index (χ1v) is 8.05. The number of alkyl halides is 3. The zero-order valence-electron chi connectivity index (χ0n) is 12.8. The van der Waals surface area contributed by atoms with Gasteiger partial charge in [-0.1, -0.05) is 6.07 Å². The third-order valence-electron chi connectivity index (χ3n) is 3.24. The van der Waals surface area contributed by atoms with E-state index in [0.717, 1.165) is 4.88 Å². The molecule has 0 aromatic carbocycles. The maximum atomic E-state index is 12.5. The highest BCUT2D eigenvalue weighted by Crippen LogP contribution is 2.30. The fourth-order valence-corrected chi connectivity index (χ4v) is 2.71. The van der Waals surface area contributed by atoms with Crippen LogP contribution in [0.4, 0.5) is 13.2 Å². The van der Waals surface area contributed by atoms with E-state index in [-0.39, 0.29) is 18.0 Å². The van der Waals surface area contributed by atoms with Gasteiger partial charge >= 0.3 is 12.1 Å². The number of tetrazole rings is 1. The lowest BCUT2D eigenvalue weighted by Gasteiger charge is -2.00. The summed E-state index contributed by atoms with van der Waals surface area (Å²) < 4.78 is 42.1. The van der Waals surface area contributed by atoms with Gasteiger partial charge in [0, 0.05) is 6.20 Å². The highest BCUT2D eigenvalue weighted by molar-refractivity contribution is 7.13. The molecule has 0 aliphatic carbocycles. The number of pyridine rings is 1. The van der Waals surface area contributed by atoms with Crippen molar-refractivity contribution in [2.45, 2.75) is 12.7 Å². The van der Waals surface area contributed by atoms with Crippen LogP contribution in [0.2, 0.25) is 0 Å². The maximum Gasteiger partial charge on any atom is 0.470 e. The van der Waals surface area contributed by atoms with Gasteiger partial charge in [0.15, 0.2) is 0 Å². The van der Waals surface area contributed by atoms with Crippen LogP contribution in [0.15, 0.2) is 40.3 Å². The van der Waals surface area contributed by atoms with Crippen molar-refractivity contribution in [1.82, 2.24) is 35.4 Å². The van der Waals surface area contributed by atoms with Crippen molar-refractivity contribution in [3.63, 3.8) is 0 Å². The van der Waals surface area contributed by atoms with E-state index in [2.05, 4.69) is 35.0 Å². The minimum atomic E-state index is -4.68. The van der Waals surface area contributed by atoms with E-state index in [1.54, 1.807) is 6.07 Å². The second-order valence-electron chi connectivity index (χ2n) is 5.07. The molecular weight excluding hydrogens is 371 g/mol. The lowest BCUT2D eigenvalue weighted by atomic mass is 10.2. The molecule has 8 nitrogen and oxygen atoms in total. The van der Waals surface area contributed by atoms with Gasteiger partial charge in [0.1, 0.15) is 6.54 Å². The van der Waals surface area contributed by atoms with Crippen LogP contribution in [0, 0.1) is 0 Å². The zero-order valence-corrected chi connectivity index (χ0v) is 13.6. The van der Waals surface area contributed by atoms with Crippen molar-refractivity contribution >= 4 is 11.3 Å². The summed E-state index contributed by atoms with van der Waals surface area (Å²) in [5.74, 6) is -1.14. The van der Waals surface area contributed by atoms with Gasteiger partial charge in [-0.15, -0.1) is 31.7 Å². The second kappa shape index (κ2) is 6.29. The van der Waals surface area contributed by atoms with Crippen molar-refractivity contribution < 1.29 is 17.6 Å². The van der Waals surface area contributed by atoms with Crippen LogP contribution in [-0.2, 0) is 12.7 Å². The predicted octanol–water partition coefficient (Wildman–Crippen LogP) is 2.91. The third-order valence-corrected chi connectivity index (χ3v) is 4.10. The number of thiophene rings is 1. The SMILES string of the molecule is FC(F)(F)c1nnc(-c2ccc(Cn3nnc(-c4cccs4)n3)nc2)o1. The number of halogens is 3. The summed E-state index contributed by atoms with van der Waals surface area (Å²) in [4.78, 5) is 6.44. The molecule has 0 radical (unpaired) electrons. The molecule has 4 heterocycles. The van der Waals surface area contributed by atoms with Crippen LogP contribution in [0.5, 0.6) is 0 Å². The Hall–Kier alpha value is -3.15. The van der Waals surface area contributed by atoms with E-state index in [1.165, 1.54) is 28.4 Å². The van der Waals surface area contributed by atoms with Gasteiger partial charge in [0.25, 0.3) is 0 Å². The molecule has 132 valence electrons. The first kappa shape index (κ1) is 16.3. The number of aromatic nitrogens is 7. The number of rotatable bonds is 4. The van der Waals surface area contributed by atoms with Gasteiger partial charge in [-0.3, -0.25) is 4.98 Å². The van der Waals surface area contributed by atoms with E-state index >= 15 is 0 Å². The molecule has 4 aromatic heterocycles. The van der Waals surface area contributed by atoms with Gasteiger partial charge in [0.2, 0.25) is 11.7 Å². The van der Waals surface area contributed by atoms with Gasteiger partial charge in [-0.2, -0.15) is 18.0 Å². The average Bonchev–Trinajstić information content (AvgIpc) is 3.36. The van der Waals surface area contributed by atoms with Crippen LogP contribution >= 0.6 is 11.3 Å². The van der Waals surface area contributed by atoms with Crippen molar-refractivity contribution in [1.29, 1.82) is 0 Å². The number of nitrogens with zero attached hydrogens (tertiary/aromatic N) is 7. The van der Waals surface area contributed by atoms with E-state index in [9.17, 15) is 13.2 Å². The minimum Gasteiger partial charge on any atom is -0.413 e. The summed E-state index contributed by atoms with van der Waals surface area (Å²) >= 11 is 1.50. The number of hydrogen-bond acceptors (Lipinski definition) is 8. The Balaban J connectivity index is 1.49. The van der Waals surface area contributed by atoms with Crippen molar-refractivity contribution in [3.8, 4) is 22.2 Å². The molecule has 0 spiro atoms. The summed E-state index contributed by atoms with van der Waals surface area (Å²) in [6, 6.07) is 6.93. The molecular formula is C14H8F3N7OS. The van der Waals surface area contributed by atoms with Gasteiger partial charge in [-0.25, -0.2) is 0 Å². The van der Waals surface area contributed by atoms with E-state index in [4.69, 9.17) is 0 Å².